The van der Waals surface area contributed by atoms with E-state index in [1.165, 1.54) is 0 Å². The summed E-state index contributed by atoms with van der Waals surface area (Å²) >= 11 is 3.26. The highest BCUT2D eigenvalue weighted by Crippen LogP contribution is 2.32. The third kappa shape index (κ3) is 2.11. The van der Waals surface area contributed by atoms with Crippen molar-refractivity contribution in [3.63, 3.8) is 0 Å². The Kier molecular flexibility index (Phi) is 2.70. The molecule has 2 aromatic heterocycles. The third-order valence-corrected chi connectivity index (χ3v) is 4.17. The van der Waals surface area contributed by atoms with E-state index in [1.54, 1.807) is 29.4 Å². The number of hydrogen-bond donors (Lipinski definition) is 1. The van der Waals surface area contributed by atoms with Gasteiger partial charge in [0.05, 0.1) is 0 Å². The van der Waals surface area contributed by atoms with Crippen LogP contribution in [-0.2, 0) is 0 Å². The molecule has 0 bridgehead atoms. The molecule has 3 rings (SSSR count). The molecular formula is C12H9N3S2. The van der Waals surface area contributed by atoms with Gasteiger partial charge in [-0.25, -0.2) is 9.97 Å². The first kappa shape index (κ1) is 10.6. The van der Waals surface area contributed by atoms with Crippen molar-refractivity contribution in [1.29, 1.82) is 0 Å². The molecule has 17 heavy (non-hydrogen) atoms. The second-order valence-corrected chi connectivity index (χ2v) is 5.45. The summed E-state index contributed by atoms with van der Waals surface area (Å²) in [5, 5.41) is 4.13. The van der Waals surface area contributed by atoms with Crippen LogP contribution in [0.25, 0.3) is 10.2 Å². The summed E-state index contributed by atoms with van der Waals surface area (Å²) in [6, 6.07) is 9.85. The maximum atomic E-state index is 5.66. The van der Waals surface area contributed by atoms with Gasteiger partial charge >= 0.3 is 0 Å². The number of thiophene rings is 1. The Balaban J connectivity index is 1.99. The molecule has 3 aromatic rings. The van der Waals surface area contributed by atoms with Gasteiger partial charge in [0.1, 0.15) is 16.2 Å². The van der Waals surface area contributed by atoms with Gasteiger partial charge < -0.3 is 5.73 Å². The Labute approximate surface area is 107 Å². The molecule has 3 nitrogen and oxygen atoms in total. The van der Waals surface area contributed by atoms with Gasteiger partial charge in [-0.2, -0.15) is 0 Å². The van der Waals surface area contributed by atoms with Crippen molar-refractivity contribution in [3.8, 4) is 0 Å². The fourth-order valence-corrected chi connectivity index (χ4v) is 3.16. The summed E-state index contributed by atoms with van der Waals surface area (Å²) in [6.45, 7) is 0. The SMILES string of the molecule is Nc1ccc(Sc2ncnc3sccc23)cc1. The number of nitrogens with zero attached hydrogens (tertiary/aromatic N) is 2. The van der Waals surface area contributed by atoms with Gasteiger partial charge in [0.2, 0.25) is 0 Å². The average molecular weight is 259 g/mol. The maximum absolute atomic E-state index is 5.66. The van der Waals surface area contributed by atoms with Crippen LogP contribution in [0.15, 0.2) is 52.0 Å². The molecule has 0 atom stereocenters. The quantitative estimate of drug-likeness (QED) is 0.566. The predicted octanol–water partition coefficient (Wildman–Crippen LogP) is 3.42. The Morgan fingerprint density at radius 2 is 1.88 bits per heavy atom. The van der Waals surface area contributed by atoms with E-state index in [1.807, 2.05) is 29.6 Å². The van der Waals surface area contributed by atoms with Crippen molar-refractivity contribution >= 4 is 39.0 Å². The zero-order chi connectivity index (χ0) is 11.7. The van der Waals surface area contributed by atoms with E-state index < -0.39 is 0 Å². The number of aromatic nitrogens is 2. The minimum Gasteiger partial charge on any atom is -0.399 e. The van der Waals surface area contributed by atoms with E-state index >= 15 is 0 Å². The summed E-state index contributed by atoms with van der Waals surface area (Å²) in [5.74, 6) is 0. The highest BCUT2D eigenvalue weighted by molar-refractivity contribution is 7.99. The van der Waals surface area contributed by atoms with Crippen molar-refractivity contribution in [2.24, 2.45) is 0 Å². The van der Waals surface area contributed by atoms with Crippen molar-refractivity contribution in [1.82, 2.24) is 9.97 Å². The topological polar surface area (TPSA) is 51.8 Å². The van der Waals surface area contributed by atoms with Gasteiger partial charge in [-0.05, 0) is 35.7 Å². The summed E-state index contributed by atoms with van der Waals surface area (Å²) < 4.78 is 0. The van der Waals surface area contributed by atoms with Crippen LogP contribution in [0.2, 0.25) is 0 Å². The van der Waals surface area contributed by atoms with Gasteiger partial charge in [0.15, 0.2) is 0 Å². The highest BCUT2D eigenvalue weighted by atomic mass is 32.2. The van der Waals surface area contributed by atoms with E-state index in [4.69, 9.17) is 5.73 Å². The smallest absolute Gasteiger partial charge is 0.127 e. The van der Waals surface area contributed by atoms with Gasteiger partial charge in [-0.3, -0.25) is 0 Å². The normalized spacial score (nSPS) is 10.8. The Morgan fingerprint density at radius 3 is 2.71 bits per heavy atom. The molecule has 0 radical (unpaired) electrons. The van der Waals surface area contributed by atoms with E-state index in [2.05, 4.69) is 16.0 Å². The van der Waals surface area contributed by atoms with Crippen LogP contribution in [0.1, 0.15) is 0 Å². The van der Waals surface area contributed by atoms with Gasteiger partial charge in [0, 0.05) is 16.0 Å². The molecule has 0 saturated carbocycles. The van der Waals surface area contributed by atoms with Gasteiger partial charge in [-0.1, -0.05) is 11.8 Å². The number of fused-ring (bicyclic) bond motifs is 1. The number of hydrogen-bond acceptors (Lipinski definition) is 5. The molecule has 0 amide bonds. The molecule has 2 heterocycles. The molecule has 2 N–H and O–H groups in total. The second kappa shape index (κ2) is 4.35. The number of anilines is 1. The second-order valence-electron chi connectivity index (χ2n) is 3.49. The van der Waals surface area contributed by atoms with Gasteiger partial charge in [-0.15, -0.1) is 11.3 Å². The lowest BCUT2D eigenvalue weighted by Gasteiger charge is -2.02. The predicted molar refractivity (Wildman–Crippen MR) is 72.4 cm³/mol. The fourth-order valence-electron chi connectivity index (χ4n) is 1.50. The van der Waals surface area contributed by atoms with Gasteiger partial charge in [0.25, 0.3) is 0 Å². The zero-order valence-corrected chi connectivity index (χ0v) is 10.5. The molecule has 0 aliphatic rings. The molecule has 0 unspecified atom stereocenters. The fraction of sp³-hybridized carbons (Fsp3) is 0. The molecule has 0 saturated heterocycles. The standard InChI is InChI=1S/C12H9N3S2/c13-8-1-3-9(4-2-8)17-12-10-5-6-16-11(10)14-7-15-12/h1-7H,13H2. The van der Waals surface area contributed by atoms with Crippen LogP contribution in [0, 0.1) is 0 Å². The lowest BCUT2D eigenvalue weighted by atomic mass is 10.3. The molecule has 0 aliphatic carbocycles. The number of benzene rings is 1. The summed E-state index contributed by atoms with van der Waals surface area (Å²) in [5.41, 5.74) is 6.44. The Bertz CT molecular complexity index is 646. The lowest BCUT2D eigenvalue weighted by molar-refractivity contribution is 1.11. The van der Waals surface area contributed by atoms with Crippen LogP contribution in [0.4, 0.5) is 5.69 Å². The number of rotatable bonds is 2. The minimum absolute atomic E-state index is 0.776. The van der Waals surface area contributed by atoms with Crippen LogP contribution in [-0.4, -0.2) is 9.97 Å². The van der Waals surface area contributed by atoms with E-state index in [0.29, 0.717) is 0 Å². The number of nitrogen functional groups attached to an aromatic ring is 1. The summed E-state index contributed by atoms with van der Waals surface area (Å²) in [4.78, 5) is 10.7. The van der Waals surface area contributed by atoms with Crippen LogP contribution < -0.4 is 5.73 Å². The van der Waals surface area contributed by atoms with E-state index in [0.717, 1.165) is 25.8 Å². The molecule has 0 spiro atoms. The van der Waals surface area contributed by atoms with Crippen LogP contribution >= 0.6 is 23.1 Å². The third-order valence-electron chi connectivity index (χ3n) is 2.32. The molecule has 0 fully saturated rings. The van der Waals surface area contributed by atoms with Crippen molar-refractivity contribution < 1.29 is 0 Å². The first-order valence-corrected chi connectivity index (χ1v) is 6.74. The summed E-state index contributed by atoms with van der Waals surface area (Å²) in [6.07, 6.45) is 1.61. The largest absolute Gasteiger partial charge is 0.399 e. The lowest BCUT2D eigenvalue weighted by Crippen LogP contribution is -1.85. The molecule has 5 heteroatoms. The van der Waals surface area contributed by atoms with E-state index in [9.17, 15) is 0 Å². The first-order valence-electron chi connectivity index (χ1n) is 5.04. The molecular weight excluding hydrogens is 250 g/mol. The van der Waals surface area contributed by atoms with Crippen LogP contribution in [0.3, 0.4) is 0 Å². The van der Waals surface area contributed by atoms with E-state index in [-0.39, 0.29) is 0 Å². The van der Waals surface area contributed by atoms with Crippen LogP contribution in [0.5, 0.6) is 0 Å². The summed E-state index contributed by atoms with van der Waals surface area (Å²) in [7, 11) is 0. The highest BCUT2D eigenvalue weighted by Gasteiger charge is 2.06. The zero-order valence-electron chi connectivity index (χ0n) is 8.83. The maximum Gasteiger partial charge on any atom is 0.127 e. The van der Waals surface area contributed by atoms with Crippen molar-refractivity contribution in [3.05, 3.63) is 42.0 Å². The molecule has 84 valence electrons. The van der Waals surface area contributed by atoms with Crippen molar-refractivity contribution in [2.45, 2.75) is 9.92 Å². The first-order chi connectivity index (χ1) is 8.33. The average Bonchev–Trinajstić information content (AvgIpc) is 2.81. The molecule has 0 aliphatic heterocycles. The number of nitrogens with two attached hydrogens (primary N) is 1. The minimum atomic E-state index is 0.776. The molecule has 1 aromatic carbocycles. The Morgan fingerprint density at radius 1 is 1.06 bits per heavy atom. The Hall–Kier alpha value is -1.59. The monoisotopic (exact) mass is 259 g/mol. The van der Waals surface area contributed by atoms with Crippen molar-refractivity contribution in [2.75, 3.05) is 5.73 Å².